The maximum atomic E-state index is 12.1. The highest BCUT2D eigenvalue weighted by molar-refractivity contribution is 5.92. The molecule has 0 spiro atoms. The maximum absolute atomic E-state index is 12.1. The molecule has 5 nitrogen and oxygen atoms in total. The van der Waals surface area contributed by atoms with Gasteiger partial charge in [0.25, 0.3) is 5.91 Å². The third-order valence-corrected chi connectivity index (χ3v) is 3.50. The highest BCUT2D eigenvalue weighted by Crippen LogP contribution is 2.16. The summed E-state index contributed by atoms with van der Waals surface area (Å²) in [6.07, 6.45) is 2.99. The van der Waals surface area contributed by atoms with Gasteiger partial charge >= 0.3 is 0 Å². The zero-order valence-corrected chi connectivity index (χ0v) is 12.1. The van der Waals surface area contributed by atoms with Crippen molar-refractivity contribution in [3.05, 3.63) is 29.6 Å². The van der Waals surface area contributed by atoms with Gasteiger partial charge in [-0.25, -0.2) is 4.98 Å². The van der Waals surface area contributed by atoms with Crippen LogP contribution in [-0.4, -0.2) is 41.9 Å². The highest BCUT2D eigenvalue weighted by Gasteiger charge is 2.24. The third kappa shape index (κ3) is 4.55. The lowest BCUT2D eigenvalue weighted by Gasteiger charge is -2.18. The number of pyridine rings is 1. The van der Waals surface area contributed by atoms with Crippen molar-refractivity contribution in [3.8, 4) is 11.8 Å². The lowest BCUT2D eigenvalue weighted by molar-refractivity contribution is 0.0917. The minimum absolute atomic E-state index is 0.0453. The Bertz CT molecular complexity index is 525. The van der Waals surface area contributed by atoms with Crippen LogP contribution >= 0.6 is 0 Å². The molecular weight excluding hydrogens is 268 g/mol. The predicted molar refractivity (Wildman–Crippen MR) is 78.7 cm³/mol. The molecule has 1 aromatic rings. The van der Waals surface area contributed by atoms with E-state index in [4.69, 9.17) is 9.84 Å². The summed E-state index contributed by atoms with van der Waals surface area (Å²) in [6, 6.07) is 3.50. The number of nitrogens with zero attached hydrogens (tertiary/aromatic N) is 1. The van der Waals surface area contributed by atoms with E-state index in [0.29, 0.717) is 24.6 Å². The monoisotopic (exact) mass is 288 g/mol. The van der Waals surface area contributed by atoms with Crippen molar-refractivity contribution in [2.75, 3.05) is 19.8 Å². The Morgan fingerprint density at radius 2 is 2.48 bits per heavy atom. The zero-order valence-electron chi connectivity index (χ0n) is 12.1. The van der Waals surface area contributed by atoms with Crippen molar-refractivity contribution < 1.29 is 14.6 Å². The Balaban J connectivity index is 1.92. The molecule has 0 aromatic carbocycles. The Labute approximate surface area is 124 Å². The van der Waals surface area contributed by atoms with Crippen LogP contribution < -0.4 is 5.32 Å². The maximum Gasteiger partial charge on any atom is 0.270 e. The number of rotatable bonds is 4. The molecule has 1 aliphatic heterocycles. The van der Waals surface area contributed by atoms with Crippen LogP contribution in [0.3, 0.4) is 0 Å². The molecule has 2 rings (SSSR count). The molecule has 2 unspecified atom stereocenters. The van der Waals surface area contributed by atoms with Crippen molar-refractivity contribution in [1.29, 1.82) is 0 Å². The van der Waals surface area contributed by atoms with E-state index < -0.39 is 0 Å². The first kappa shape index (κ1) is 15.5. The minimum Gasteiger partial charge on any atom is -0.395 e. The summed E-state index contributed by atoms with van der Waals surface area (Å²) in [5, 5.41) is 11.6. The molecule has 0 aliphatic carbocycles. The van der Waals surface area contributed by atoms with Crippen LogP contribution in [0.2, 0.25) is 0 Å². The van der Waals surface area contributed by atoms with Gasteiger partial charge in [0, 0.05) is 36.7 Å². The summed E-state index contributed by atoms with van der Waals surface area (Å²) in [7, 11) is 0. The Hall–Kier alpha value is -1.90. The van der Waals surface area contributed by atoms with Gasteiger partial charge in [-0.2, -0.15) is 0 Å². The van der Waals surface area contributed by atoms with Crippen LogP contribution in [0.1, 0.15) is 35.8 Å². The predicted octanol–water partition coefficient (Wildman–Crippen LogP) is 0.970. The summed E-state index contributed by atoms with van der Waals surface area (Å²) in [4.78, 5) is 16.2. The smallest absolute Gasteiger partial charge is 0.270 e. The molecule has 1 amide bonds. The van der Waals surface area contributed by atoms with Gasteiger partial charge in [-0.3, -0.25) is 4.79 Å². The van der Waals surface area contributed by atoms with Crippen LogP contribution in [0, 0.1) is 17.8 Å². The second kappa shape index (κ2) is 7.77. The van der Waals surface area contributed by atoms with Crippen LogP contribution in [0.5, 0.6) is 0 Å². The molecular formula is C16H20N2O3. The summed E-state index contributed by atoms with van der Waals surface area (Å²) in [5.74, 6) is 5.89. The van der Waals surface area contributed by atoms with Gasteiger partial charge < -0.3 is 15.2 Å². The van der Waals surface area contributed by atoms with E-state index in [0.717, 1.165) is 18.6 Å². The molecule has 21 heavy (non-hydrogen) atoms. The number of nitrogens with one attached hydrogen (secondary N) is 1. The molecule has 2 atom stereocenters. The zero-order chi connectivity index (χ0) is 15.1. The van der Waals surface area contributed by atoms with E-state index in [-0.39, 0.29) is 18.6 Å². The number of hydrogen-bond acceptors (Lipinski definition) is 4. The molecule has 5 heteroatoms. The van der Waals surface area contributed by atoms with E-state index in [1.807, 2.05) is 6.92 Å². The largest absolute Gasteiger partial charge is 0.395 e. The van der Waals surface area contributed by atoms with Crippen molar-refractivity contribution >= 4 is 5.91 Å². The van der Waals surface area contributed by atoms with E-state index in [1.165, 1.54) is 0 Å². The SMILES string of the molecule is CC(NC(=O)c1ccc(C#CCCO)cn1)C1CCOC1. The van der Waals surface area contributed by atoms with Gasteiger partial charge in [0.05, 0.1) is 13.2 Å². The summed E-state index contributed by atoms with van der Waals surface area (Å²) >= 11 is 0. The first-order chi connectivity index (χ1) is 10.2. The number of aliphatic hydroxyl groups excluding tert-OH is 1. The van der Waals surface area contributed by atoms with Gasteiger partial charge in [0.1, 0.15) is 5.69 Å². The molecule has 2 N–H and O–H groups in total. The standard InChI is InChI=1S/C16H20N2O3/c1-12(14-7-9-21-11-14)18-16(20)15-6-5-13(10-17-15)4-2-3-8-19/h5-6,10,12,14,19H,3,7-9,11H2,1H3,(H,18,20). The normalized spacial score (nSPS) is 18.7. The van der Waals surface area contributed by atoms with Gasteiger partial charge in [-0.1, -0.05) is 11.8 Å². The molecule has 1 aliphatic rings. The second-order valence-corrected chi connectivity index (χ2v) is 5.09. The van der Waals surface area contributed by atoms with Gasteiger partial charge in [0.2, 0.25) is 0 Å². The number of aliphatic hydroxyl groups is 1. The summed E-state index contributed by atoms with van der Waals surface area (Å²) in [6.45, 7) is 3.51. The molecule has 0 radical (unpaired) electrons. The molecule has 1 saturated heterocycles. The second-order valence-electron chi connectivity index (χ2n) is 5.09. The van der Waals surface area contributed by atoms with Gasteiger partial charge in [-0.15, -0.1) is 0 Å². The quantitative estimate of drug-likeness (QED) is 0.810. The van der Waals surface area contributed by atoms with Crippen molar-refractivity contribution in [2.45, 2.75) is 25.8 Å². The lowest BCUT2D eigenvalue weighted by atomic mass is 10.0. The Morgan fingerprint density at radius 3 is 3.10 bits per heavy atom. The first-order valence-electron chi connectivity index (χ1n) is 7.15. The fraction of sp³-hybridized carbons (Fsp3) is 0.500. The lowest BCUT2D eigenvalue weighted by Crippen LogP contribution is -2.38. The van der Waals surface area contributed by atoms with E-state index in [1.54, 1.807) is 18.3 Å². The molecule has 0 bridgehead atoms. The third-order valence-electron chi connectivity index (χ3n) is 3.50. The van der Waals surface area contributed by atoms with Crippen molar-refractivity contribution in [2.24, 2.45) is 5.92 Å². The summed E-state index contributed by atoms with van der Waals surface area (Å²) in [5.41, 5.74) is 1.12. The number of aromatic nitrogens is 1. The van der Waals surface area contributed by atoms with Crippen LogP contribution in [0.4, 0.5) is 0 Å². The minimum atomic E-state index is -0.177. The average Bonchev–Trinajstić information content (AvgIpc) is 3.02. The van der Waals surface area contributed by atoms with Gasteiger partial charge in [0.15, 0.2) is 0 Å². The van der Waals surface area contributed by atoms with Gasteiger partial charge in [-0.05, 0) is 25.5 Å². The first-order valence-corrected chi connectivity index (χ1v) is 7.15. The number of amides is 1. The van der Waals surface area contributed by atoms with Crippen LogP contribution in [0.15, 0.2) is 18.3 Å². The molecule has 0 saturated carbocycles. The van der Waals surface area contributed by atoms with E-state index in [9.17, 15) is 4.79 Å². The van der Waals surface area contributed by atoms with Crippen molar-refractivity contribution in [1.82, 2.24) is 10.3 Å². The van der Waals surface area contributed by atoms with Crippen LogP contribution in [0.25, 0.3) is 0 Å². The van der Waals surface area contributed by atoms with Crippen LogP contribution in [-0.2, 0) is 4.74 Å². The fourth-order valence-corrected chi connectivity index (χ4v) is 2.17. The topological polar surface area (TPSA) is 71.5 Å². The van der Waals surface area contributed by atoms with Crippen molar-refractivity contribution in [3.63, 3.8) is 0 Å². The fourth-order valence-electron chi connectivity index (χ4n) is 2.17. The number of hydrogen-bond donors (Lipinski definition) is 2. The molecule has 1 fully saturated rings. The Morgan fingerprint density at radius 1 is 1.62 bits per heavy atom. The summed E-state index contributed by atoms with van der Waals surface area (Å²) < 4.78 is 5.33. The highest BCUT2D eigenvalue weighted by atomic mass is 16.5. The van der Waals surface area contributed by atoms with E-state index >= 15 is 0 Å². The molecule has 1 aromatic heterocycles. The van der Waals surface area contributed by atoms with E-state index in [2.05, 4.69) is 22.1 Å². The molecule has 2 heterocycles. The number of carbonyl (C=O) groups excluding carboxylic acids is 1. The number of carbonyl (C=O) groups is 1. The number of ether oxygens (including phenoxy) is 1. The average molecular weight is 288 g/mol. The Kier molecular flexibility index (Phi) is 5.73. The molecule has 112 valence electrons.